The zero-order valence-electron chi connectivity index (χ0n) is 15.5. The van der Waals surface area contributed by atoms with Gasteiger partial charge in [-0.25, -0.2) is 0 Å². The number of benzene rings is 2. The lowest BCUT2D eigenvalue weighted by Crippen LogP contribution is -2.22. The number of hydrogen-bond donors (Lipinski definition) is 1. The summed E-state index contributed by atoms with van der Waals surface area (Å²) in [6.07, 6.45) is 0.0681. The standard InChI is InChI=1S/C20H22N2O5/c1-22(2)20(25)15-6-8-16(9-7-15)21-18(23)13-27-19(24)12-14-4-10-17(26-3)11-5-14/h4-11H,12-13H2,1-3H3,(H,21,23). The van der Waals surface area contributed by atoms with E-state index in [0.29, 0.717) is 17.0 Å². The van der Waals surface area contributed by atoms with Crippen LogP contribution in [0.5, 0.6) is 5.75 Å². The van der Waals surface area contributed by atoms with E-state index in [-0.39, 0.29) is 18.9 Å². The molecule has 0 spiro atoms. The van der Waals surface area contributed by atoms with Gasteiger partial charge in [0.1, 0.15) is 5.75 Å². The fraction of sp³-hybridized carbons (Fsp3) is 0.250. The van der Waals surface area contributed by atoms with Crippen molar-refractivity contribution in [3.63, 3.8) is 0 Å². The van der Waals surface area contributed by atoms with Crippen LogP contribution in [-0.4, -0.2) is 50.5 Å². The summed E-state index contributed by atoms with van der Waals surface area (Å²) in [6, 6.07) is 13.5. The quantitative estimate of drug-likeness (QED) is 0.755. The minimum Gasteiger partial charge on any atom is -0.497 e. The molecule has 2 amide bonds. The van der Waals surface area contributed by atoms with Gasteiger partial charge in [-0.3, -0.25) is 14.4 Å². The summed E-state index contributed by atoms with van der Waals surface area (Å²) in [5.74, 6) is -0.378. The van der Waals surface area contributed by atoms with Gasteiger partial charge in [-0.15, -0.1) is 0 Å². The number of ether oxygens (including phenoxy) is 2. The maximum Gasteiger partial charge on any atom is 0.310 e. The predicted molar refractivity (Wildman–Crippen MR) is 101 cm³/mol. The van der Waals surface area contributed by atoms with Crippen molar-refractivity contribution in [3.8, 4) is 5.75 Å². The molecule has 0 aromatic heterocycles. The normalized spacial score (nSPS) is 10.0. The highest BCUT2D eigenvalue weighted by Crippen LogP contribution is 2.13. The fourth-order valence-electron chi connectivity index (χ4n) is 2.26. The summed E-state index contributed by atoms with van der Waals surface area (Å²) in [6.45, 7) is -0.382. The third-order valence-corrected chi connectivity index (χ3v) is 3.69. The van der Waals surface area contributed by atoms with Crippen molar-refractivity contribution in [3.05, 3.63) is 59.7 Å². The van der Waals surface area contributed by atoms with Crippen LogP contribution in [0.15, 0.2) is 48.5 Å². The molecule has 0 aliphatic rings. The van der Waals surface area contributed by atoms with Crippen LogP contribution >= 0.6 is 0 Å². The van der Waals surface area contributed by atoms with E-state index in [2.05, 4.69) is 5.32 Å². The lowest BCUT2D eigenvalue weighted by molar-refractivity contribution is -0.146. The molecule has 7 heteroatoms. The SMILES string of the molecule is COc1ccc(CC(=O)OCC(=O)Nc2ccc(C(=O)N(C)C)cc2)cc1. The molecule has 142 valence electrons. The third-order valence-electron chi connectivity index (χ3n) is 3.69. The topological polar surface area (TPSA) is 84.9 Å². The first kappa shape index (κ1) is 20.0. The van der Waals surface area contributed by atoms with Gasteiger partial charge >= 0.3 is 5.97 Å². The molecule has 0 fully saturated rings. The lowest BCUT2D eigenvalue weighted by Gasteiger charge is -2.11. The Kier molecular flexibility index (Phi) is 6.93. The molecule has 27 heavy (non-hydrogen) atoms. The van der Waals surface area contributed by atoms with Gasteiger partial charge in [-0.05, 0) is 42.0 Å². The number of anilines is 1. The van der Waals surface area contributed by atoms with Crippen molar-refractivity contribution in [2.45, 2.75) is 6.42 Å². The molecule has 0 radical (unpaired) electrons. The van der Waals surface area contributed by atoms with E-state index in [1.165, 1.54) is 4.90 Å². The summed E-state index contributed by atoms with van der Waals surface area (Å²) in [5, 5.41) is 2.61. The van der Waals surface area contributed by atoms with Crippen LogP contribution in [-0.2, 0) is 20.7 Å². The molecule has 0 bridgehead atoms. The minimum absolute atomic E-state index is 0.0681. The first-order valence-electron chi connectivity index (χ1n) is 8.29. The van der Waals surface area contributed by atoms with Crippen molar-refractivity contribution < 1.29 is 23.9 Å². The Morgan fingerprint density at radius 1 is 0.963 bits per heavy atom. The van der Waals surface area contributed by atoms with Crippen molar-refractivity contribution in [2.24, 2.45) is 0 Å². The molecule has 0 aliphatic carbocycles. The van der Waals surface area contributed by atoms with Crippen LogP contribution in [0.2, 0.25) is 0 Å². The molecule has 2 rings (SSSR count). The highest BCUT2D eigenvalue weighted by Gasteiger charge is 2.11. The lowest BCUT2D eigenvalue weighted by atomic mass is 10.1. The van der Waals surface area contributed by atoms with Crippen LogP contribution in [0.3, 0.4) is 0 Å². The molecule has 0 heterocycles. The molecule has 0 unspecified atom stereocenters. The number of hydrogen-bond acceptors (Lipinski definition) is 5. The molecule has 0 saturated heterocycles. The Morgan fingerprint density at radius 3 is 2.15 bits per heavy atom. The first-order chi connectivity index (χ1) is 12.9. The number of carbonyl (C=O) groups excluding carboxylic acids is 3. The van der Waals surface area contributed by atoms with E-state index < -0.39 is 11.9 Å². The molecule has 0 atom stereocenters. The average molecular weight is 370 g/mol. The van der Waals surface area contributed by atoms with Crippen molar-refractivity contribution in [1.82, 2.24) is 4.90 Å². The number of amides is 2. The molecule has 0 saturated carbocycles. The maximum atomic E-state index is 11.9. The van der Waals surface area contributed by atoms with E-state index in [1.807, 2.05) is 0 Å². The van der Waals surface area contributed by atoms with Gasteiger partial charge < -0.3 is 19.7 Å². The molecule has 1 N–H and O–H groups in total. The van der Waals surface area contributed by atoms with E-state index >= 15 is 0 Å². The summed E-state index contributed by atoms with van der Waals surface area (Å²) in [4.78, 5) is 37.0. The monoisotopic (exact) mass is 370 g/mol. The van der Waals surface area contributed by atoms with E-state index in [0.717, 1.165) is 5.56 Å². The zero-order chi connectivity index (χ0) is 19.8. The molecule has 2 aromatic rings. The largest absolute Gasteiger partial charge is 0.497 e. The summed E-state index contributed by atoms with van der Waals surface area (Å²) in [7, 11) is 4.90. The molecule has 2 aromatic carbocycles. The van der Waals surface area contributed by atoms with Gasteiger partial charge in [-0.2, -0.15) is 0 Å². The Morgan fingerprint density at radius 2 is 1.59 bits per heavy atom. The van der Waals surface area contributed by atoms with Crippen LogP contribution in [0.25, 0.3) is 0 Å². The second-order valence-electron chi connectivity index (χ2n) is 6.01. The van der Waals surface area contributed by atoms with Crippen LogP contribution in [0.4, 0.5) is 5.69 Å². The van der Waals surface area contributed by atoms with Crippen LogP contribution in [0, 0.1) is 0 Å². The maximum absolute atomic E-state index is 11.9. The van der Waals surface area contributed by atoms with Crippen molar-refractivity contribution in [1.29, 1.82) is 0 Å². The average Bonchev–Trinajstić information content (AvgIpc) is 2.67. The smallest absolute Gasteiger partial charge is 0.310 e. The van der Waals surface area contributed by atoms with E-state index in [9.17, 15) is 14.4 Å². The molecule has 7 nitrogen and oxygen atoms in total. The van der Waals surface area contributed by atoms with Gasteiger partial charge in [0.2, 0.25) is 0 Å². The van der Waals surface area contributed by atoms with Crippen molar-refractivity contribution >= 4 is 23.5 Å². The number of carbonyl (C=O) groups is 3. The number of nitrogens with zero attached hydrogens (tertiary/aromatic N) is 1. The van der Waals surface area contributed by atoms with Gasteiger partial charge in [0.25, 0.3) is 11.8 Å². The Balaban J connectivity index is 1.79. The number of nitrogens with one attached hydrogen (secondary N) is 1. The van der Waals surface area contributed by atoms with E-state index in [4.69, 9.17) is 9.47 Å². The van der Waals surface area contributed by atoms with Crippen LogP contribution < -0.4 is 10.1 Å². The number of methoxy groups -OCH3 is 1. The Labute approximate surface area is 157 Å². The predicted octanol–water partition coefficient (Wildman–Crippen LogP) is 2.12. The minimum atomic E-state index is -0.498. The van der Waals surface area contributed by atoms with Gasteiger partial charge in [0, 0.05) is 25.3 Å². The highest BCUT2D eigenvalue weighted by atomic mass is 16.5. The van der Waals surface area contributed by atoms with Gasteiger partial charge in [0.15, 0.2) is 6.61 Å². The Bertz CT molecular complexity index is 798. The summed E-state index contributed by atoms with van der Waals surface area (Å²) >= 11 is 0. The van der Waals surface area contributed by atoms with Crippen molar-refractivity contribution in [2.75, 3.05) is 33.1 Å². The molecular formula is C20H22N2O5. The van der Waals surface area contributed by atoms with Crippen LogP contribution in [0.1, 0.15) is 15.9 Å². The summed E-state index contributed by atoms with van der Waals surface area (Å²) in [5.41, 5.74) is 1.80. The first-order valence-corrected chi connectivity index (χ1v) is 8.29. The number of rotatable bonds is 7. The zero-order valence-corrected chi connectivity index (χ0v) is 15.5. The van der Waals surface area contributed by atoms with E-state index in [1.54, 1.807) is 69.7 Å². The Hall–Kier alpha value is -3.35. The number of esters is 1. The second-order valence-corrected chi connectivity index (χ2v) is 6.01. The highest BCUT2D eigenvalue weighted by molar-refractivity contribution is 5.96. The third kappa shape index (κ3) is 6.14. The van der Waals surface area contributed by atoms with Gasteiger partial charge in [0.05, 0.1) is 13.5 Å². The summed E-state index contributed by atoms with van der Waals surface area (Å²) < 4.78 is 10.0. The molecule has 0 aliphatic heterocycles. The fourth-order valence-corrected chi connectivity index (χ4v) is 2.26. The second kappa shape index (κ2) is 9.38. The molecular weight excluding hydrogens is 348 g/mol. The van der Waals surface area contributed by atoms with Gasteiger partial charge in [-0.1, -0.05) is 12.1 Å².